The quantitative estimate of drug-likeness (QED) is 0.259. The summed E-state index contributed by atoms with van der Waals surface area (Å²) in [6.45, 7) is 5.40. The van der Waals surface area contributed by atoms with Crippen LogP contribution in [0.4, 0.5) is 20.3 Å². The maximum Gasteiger partial charge on any atom is 0.373 e. The Kier molecular flexibility index (Phi) is 8.31. The minimum absolute atomic E-state index is 0.0685. The number of likely N-dealkylation sites (tertiary alicyclic amines) is 1. The molecule has 6 rings (SSSR count). The standard InChI is InChI=1S/C31H32F2N8O3/c1-2-27(42)37-23-4-3-11-40(17-23)16-20-9-10-34-26(14-20)30(43)38-22-7-5-21(6-8-22)25-15-24-28(39-25)35-19-36-29(24)41-12-13-44-31(32,33)18-41/h2,5-10,14-15,19,23H,1,3-4,11-13,16-18H2,(H,37,42)(H,38,43)(H,35,36,39)/t23-/m1/s1. The Balaban J connectivity index is 1.10. The predicted molar refractivity (Wildman–Crippen MR) is 161 cm³/mol. The molecule has 13 heteroatoms. The largest absolute Gasteiger partial charge is 0.373 e. The van der Waals surface area contributed by atoms with Gasteiger partial charge in [0.05, 0.1) is 12.0 Å². The highest BCUT2D eigenvalue weighted by Gasteiger charge is 2.37. The second-order valence-electron chi connectivity index (χ2n) is 10.9. The average Bonchev–Trinajstić information content (AvgIpc) is 3.46. The number of H-pyrrole nitrogens is 1. The zero-order valence-corrected chi connectivity index (χ0v) is 23.9. The summed E-state index contributed by atoms with van der Waals surface area (Å²) in [6.07, 6.45) is 2.90. The fraction of sp³-hybridized carbons (Fsp3) is 0.323. The van der Waals surface area contributed by atoms with Crippen LogP contribution in [0.15, 0.2) is 67.6 Å². The van der Waals surface area contributed by atoms with E-state index in [1.807, 2.05) is 24.3 Å². The van der Waals surface area contributed by atoms with E-state index < -0.39 is 12.7 Å². The number of morpholine rings is 1. The van der Waals surface area contributed by atoms with Crippen molar-refractivity contribution in [2.75, 3.05) is 43.0 Å². The highest BCUT2D eigenvalue weighted by atomic mass is 19.3. The maximum atomic E-state index is 13.9. The molecule has 0 unspecified atom stereocenters. The van der Waals surface area contributed by atoms with E-state index in [1.54, 1.807) is 24.4 Å². The number of anilines is 2. The lowest BCUT2D eigenvalue weighted by Gasteiger charge is -2.33. The number of ether oxygens (including phenoxy) is 1. The fourth-order valence-corrected chi connectivity index (χ4v) is 5.63. The monoisotopic (exact) mass is 602 g/mol. The van der Waals surface area contributed by atoms with Gasteiger partial charge in [0.1, 0.15) is 30.0 Å². The summed E-state index contributed by atoms with van der Waals surface area (Å²) in [5, 5.41) is 6.49. The first-order valence-electron chi connectivity index (χ1n) is 14.4. The third-order valence-corrected chi connectivity index (χ3v) is 7.71. The lowest BCUT2D eigenvalue weighted by atomic mass is 10.0. The Bertz CT molecular complexity index is 1680. The number of rotatable bonds is 8. The van der Waals surface area contributed by atoms with Gasteiger partial charge in [0.25, 0.3) is 5.91 Å². The number of amides is 2. The van der Waals surface area contributed by atoms with E-state index in [9.17, 15) is 18.4 Å². The number of halogens is 2. The van der Waals surface area contributed by atoms with E-state index in [2.05, 4.69) is 46.8 Å². The van der Waals surface area contributed by atoms with Crippen molar-refractivity contribution in [3.05, 3.63) is 78.9 Å². The van der Waals surface area contributed by atoms with E-state index in [0.29, 0.717) is 41.3 Å². The number of hydrogen-bond donors (Lipinski definition) is 3. The number of nitrogens with zero attached hydrogens (tertiary/aromatic N) is 5. The minimum Gasteiger partial charge on any atom is -0.349 e. The highest BCUT2D eigenvalue weighted by Crippen LogP contribution is 2.32. The number of aromatic nitrogens is 4. The van der Waals surface area contributed by atoms with Crippen molar-refractivity contribution in [1.82, 2.24) is 30.2 Å². The Morgan fingerprint density at radius 2 is 1.98 bits per heavy atom. The van der Waals surface area contributed by atoms with Crippen LogP contribution in [0.1, 0.15) is 28.9 Å². The van der Waals surface area contributed by atoms with E-state index in [-0.39, 0.29) is 24.5 Å². The first kappa shape index (κ1) is 29.3. The zero-order valence-electron chi connectivity index (χ0n) is 23.9. The second-order valence-corrected chi connectivity index (χ2v) is 10.9. The van der Waals surface area contributed by atoms with Crippen LogP contribution in [-0.4, -0.2) is 81.6 Å². The average molecular weight is 603 g/mol. The van der Waals surface area contributed by atoms with Crippen LogP contribution in [0.25, 0.3) is 22.3 Å². The highest BCUT2D eigenvalue weighted by molar-refractivity contribution is 6.03. The summed E-state index contributed by atoms with van der Waals surface area (Å²) in [4.78, 5) is 44.5. The van der Waals surface area contributed by atoms with E-state index >= 15 is 0 Å². The molecule has 4 aromatic rings. The van der Waals surface area contributed by atoms with Crippen LogP contribution in [0.5, 0.6) is 0 Å². The van der Waals surface area contributed by atoms with Gasteiger partial charge in [-0.2, -0.15) is 8.78 Å². The molecule has 3 aromatic heterocycles. The molecule has 2 aliphatic rings. The van der Waals surface area contributed by atoms with Crippen LogP contribution in [0.2, 0.25) is 0 Å². The number of carbonyl (C=O) groups excluding carboxylic acids is 2. The van der Waals surface area contributed by atoms with Gasteiger partial charge in [-0.25, -0.2) is 9.97 Å². The SMILES string of the molecule is C=CC(=O)N[C@@H]1CCCN(Cc2ccnc(C(=O)Nc3ccc(-c4cc5c(N6CCOC(F)(F)C6)ncnc5[nH]4)cc3)c2)C1. The molecule has 1 aromatic carbocycles. The number of carbonyl (C=O) groups is 2. The summed E-state index contributed by atoms with van der Waals surface area (Å²) >= 11 is 0. The van der Waals surface area contributed by atoms with Crippen molar-refractivity contribution in [2.24, 2.45) is 0 Å². The number of hydrogen-bond acceptors (Lipinski definition) is 8. The third kappa shape index (κ3) is 6.74. The van der Waals surface area contributed by atoms with Crippen molar-refractivity contribution in [3.63, 3.8) is 0 Å². The number of nitrogens with one attached hydrogen (secondary N) is 3. The summed E-state index contributed by atoms with van der Waals surface area (Å²) in [5.41, 5.74) is 3.94. The molecule has 0 aliphatic carbocycles. The van der Waals surface area contributed by atoms with Gasteiger partial charge in [0.2, 0.25) is 5.91 Å². The predicted octanol–water partition coefficient (Wildman–Crippen LogP) is 3.97. The molecule has 2 amide bonds. The molecule has 0 radical (unpaired) electrons. The Hall–Kier alpha value is -4.75. The minimum atomic E-state index is -3.24. The molecule has 44 heavy (non-hydrogen) atoms. The molecule has 2 saturated heterocycles. The van der Waals surface area contributed by atoms with E-state index in [0.717, 1.165) is 42.8 Å². The Morgan fingerprint density at radius 3 is 2.77 bits per heavy atom. The molecule has 228 valence electrons. The molecular formula is C31H32F2N8O3. The zero-order chi connectivity index (χ0) is 30.7. The summed E-state index contributed by atoms with van der Waals surface area (Å²) in [7, 11) is 0. The maximum absolute atomic E-state index is 13.9. The van der Waals surface area contributed by atoms with Crippen molar-refractivity contribution < 1.29 is 23.1 Å². The van der Waals surface area contributed by atoms with Gasteiger partial charge in [-0.3, -0.25) is 19.5 Å². The molecule has 2 fully saturated rings. The Labute approximate surface area is 252 Å². The van der Waals surface area contributed by atoms with E-state index in [4.69, 9.17) is 0 Å². The number of fused-ring (bicyclic) bond motifs is 1. The number of aromatic amines is 1. The van der Waals surface area contributed by atoms with Crippen LogP contribution in [-0.2, 0) is 16.1 Å². The number of alkyl halides is 2. The smallest absolute Gasteiger partial charge is 0.349 e. The molecule has 1 atom stereocenters. The first-order valence-corrected chi connectivity index (χ1v) is 14.4. The Morgan fingerprint density at radius 1 is 1.14 bits per heavy atom. The van der Waals surface area contributed by atoms with Gasteiger partial charge in [-0.1, -0.05) is 18.7 Å². The number of benzene rings is 1. The van der Waals surface area contributed by atoms with Crippen LogP contribution in [0, 0.1) is 0 Å². The van der Waals surface area contributed by atoms with Crippen molar-refractivity contribution in [1.29, 1.82) is 0 Å². The summed E-state index contributed by atoms with van der Waals surface area (Å²) < 4.78 is 32.3. The molecule has 5 heterocycles. The van der Waals surface area contributed by atoms with Crippen molar-refractivity contribution in [2.45, 2.75) is 31.5 Å². The third-order valence-electron chi connectivity index (χ3n) is 7.71. The van der Waals surface area contributed by atoms with E-state index in [1.165, 1.54) is 17.3 Å². The van der Waals surface area contributed by atoms with Gasteiger partial charge in [-0.05, 0) is 66.9 Å². The molecule has 3 N–H and O–H groups in total. The molecule has 0 saturated carbocycles. The lowest BCUT2D eigenvalue weighted by molar-refractivity contribution is -0.240. The van der Waals surface area contributed by atoms with Gasteiger partial charge in [0.15, 0.2) is 0 Å². The summed E-state index contributed by atoms with van der Waals surface area (Å²) in [5.74, 6) is -0.0862. The first-order chi connectivity index (χ1) is 21.3. The number of pyridine rings is 1. The van der Waals surface area contributed by atoms with Crippen LogP contribution < -0.4 is 15.5 Å². The molecule has 0 spiro atoms. The second kappa shape index (κ2) is 12.5. The lowest BCUT2D eigenvalue weighted by Crippen LogP contribution is -2.47. The van der Waals surface area contributed by atoms with Gasteiger partial charge < -0.3 is 25.3 Å². The molecule has 11 nitrogen and oxygen atoms in total. The van der Waals surface area contributed by atoms with Gasteiger partial charge in [0, 0.05) is 43.3 Å². The van der Waals surface area contributed by atoms with Crippen molar-refractivity contribution >= 4 is 34.4 Å². The topological polar surface area (TPSA) is 128 Å². The molecule has 2 aliphatic heterocycles. The van der Waals surface area contributed by atoms with Gasteiger partial charge in [-0.15, -0.1) is 0 Å². The molecular weight excluding hydrogens is 570 g/mol. The van der Waals surface area contributed by atoms with Gasteiger partial charge >= 0.3 is 6.11 Å². The fourth-order valence-electron chi connectivity index (χ4n) is 5.63. The van der Waals surface area contributed by atoms with Crippen LogP contribution >= 0.6 is 0 Å². The normalized spacial score (nSPS) is 18.6. The molecule has 0 bridgehead atoms. The van der Waals surface area contributed by atoms with Crippen LogP contribution in [0.3, 0.4) is 0 Å². The number of piperidine rings is 1. The summed E-state index contributed by atoms with van der Waals surface area (Å²) in [6, 6.07) is 12.8. The van der Waals surface area contributed by atoms with Crippen molar-refractivity contribution in [3.8, 4) is 11.3 Å².